The molecule has 26 heavy (non-hydrogen) atoms. The molecule has 0 radical (unpaired) electrons. The van der Waals surface area contributed by atoms with Gasteiger partial charge in [0.15, 0.2) is 10.9 Å². The molecule has 0 aliphatic heterocycles. The second kappa shape index (κ2) is 8.01. The number of hydrogen-bond acceptors (Lipinski definition) is 5. The van der Waals surface area contributed by atoms with E-state index in [9.17, 15) is 4.79 Å². The summed E-state index contributed by atoms with van der Waals surface area (Å²) in [6.07, 6.45) is 5.40. The van der Waals surface area contributed by atoms with Crippen molar-refractivity contribution in [3.63, 3.8) is 0 Å². The Bertz CT molecular complexity index is 977. The number of aryl methyl sites for hydroxylation is 1. The molecule has 0 spiro atoms. The number of ether oxygens (including phenoxy) is 1. The number of benzene rings is 2. The van der Waals surface area contributed by atoms with Crippen LogP contribution in [0.15, 0.2) is 58.5 Å². The van der Waals surface area contributed by atoms with E-state index < -0.39 is 0 Å². The van der Waals surface area contributed by atoms with E-state index in [4.69, 9.17) is 4.74 Å². The van der Waals surface area contributed by atoms with Crippen LogP contribution in [0.2, 0.25) is 0 Å². The Labute approximate surface area is 156 Å². The van der Waals surface area contributed by atoms with Crippen LogP contribution in [-0.4, -0.2) is 28.1 Å². The molecule has 0 unspecified atom stereocenters. The Morgan fingerprint density at radius 1 is 1.00 bits per heavy atom. The van der Waals surface area contributed by atoms with Crippen molar-refractivity contribution < 1.29 is 4.74 Å². The lowest BCUT2D eigenvalue weighted by atomic mass is 10.2. The number of methoxy groups -OCH3 is 1. The van der Waals surface area contributed by atoms with Crippen LogP contribution in [0.1, 0.15) is 16.8 Å². The first-order valence-corrected chi connectivity index (χ1v) is 9.28. The molecule has 132 valence electrons. The van der Waals surface area contributed by atoms with E-state index in [1.165, 1.54) is 11.8 Å². The molecule has 0 bridgehead atoms. The highest BCUT2D eigenvalue weighted by Gasteiger charge is 2.11. The zero-order valence-electron chi connectivity index (χ0n) is 14.8. The number of thioether (sulfide) groups is 1. The molecule has 0 saturated carbocycles. The normalized spacial score (nSPS) is 11.0. The molecule has 0 saturated heterocycles. The Kier molecular flexibility index (Phi) is 5.53. The van der Waals surface area contributed by atoms with Crippen LogP contribution in [0.25, 0.3) is 17.8 Å². The highest BCUT2D eigenvalue weighted by molar-refractivity contribution is 7.98. The van der Waals surface area contributed by atoms with E-state index in [0.29, 0.717) is 10.9 Å². The van der Waals surface area contributed by atoms with E-state index in [0.717, 1.165) is 22.6 Å². The summed E-state index contributed by atoms with van der Waals surface area (Å²) in [5.41, 5.74) is 2.95. The van der Waals surface area contributed by atoms with Crippen molar-refractivity contribution in [1.29, 1.82) is 0 Å². The number of aromatic nitrogens is 3. The minimum absolute atomic E-state index is 0.196. The summed E-state index contributed by atoms with van der Waals surface area (Å²) < 4.78 is 6.74. The van der Waals surface area contributed by atoms with Crippen LogP contribution >= 0.6 is 11.8 Å². The van der Waals surface area contributed by atoms with Gasteiger partial charge in [0.1, 0.15) is 5.75 Å². The monoisotopic (exact) mass is 365 g/mol. The molecule has 0 atom stereocenters. The average Bonchev–Trinajstić information content (AvgIpc) is 2.68. The summed E-state index contributed by atoms with van der Waals surface area (Å²) in [4.78, 5) is 12.9. The molecule has 3 rings (SSSR count). The van der Waals surface area contributed by atoms with Gasteiger partial charge in [-0.15, -0.1) is 10.2 Å². The minimum Gasteiger partial charge on any atom is -0.497 e. The average molecular weight is 365 g/mol. The fourth-order valence-corrected chi connectivity index (χ4v) is 2.93. The maximum absolute atomic E-state index is 12.9. The first-order valence-electron chi connectivity index (χ1n) is 8.05. The van der Waals surface area contributed by atoms with E-state index >= 15 is 0 Å². The third-order valence-electron chi connectivity index (χ3n) is 3.88. The standard InChI is InChI=1S/C20H19N3O2S/c1-14-4-9-16(10-5-14)23-19(24)18(21-22-20(23)26-3)13-8-15-6-11-17(25-2)12-7-15/h4-13H,1-3H3/b13-8+. The lowest BCUT2D eigenvalue weighted by molar-refractivity contribution is 0.415. The van der Waals surface area contributed by atoms with Gasteiger partial charge in [-0.2, -0.15) is 0 Å². The van der Waals surface area contributed by atoms with Gasteiger partial charge < -0.3 is 4.74 Å². The predicted octanol–water partition coefficient (Wildman–Crippen LogP) is 3.84. The van der Waals surface area contributed by atoms with Crippen molar-refractivity contribution in [2.45, 2.75) is 12.1 Å². The SMILES string of the molecule is COc1ccc(/C=C/c2nnc(SC)n(-c3ccc(C)cc3)c2=O)cc1. The van der Waals surface area contributed by atoms with Crippen LogP contribution < -0.4 is 10.3 Å². The fraction of sp³-hybridized carbons (Fsp3) is 0.150. The largest absolute Gasteiger partial charge is 0.497 e. The molecule has 1 aromatic heterocycles. The van der Waals surface area contributed by atoms with Crippen molar-refractivity contribution >= 4 is 23.9 Å². The molecule has 0 aliphatic rings. The highest BCUT2D eigenvalue weighted by atomic mass is 32.2. The van der Waals surface area contributed by atoms with Crippen LogP contribution in [0.5, 0.6) is 5.75 Å². The van der Waals surface area contributed by atoms with Crippen molar-refractivity contribution in [2.75, 3.05) is 13.4 Å². The molecular weight excluding hydrogens is 346 g/mol. The van der Waals surface area contributed by atoms with Crippen molar-refractivity contribution in [3.8, 4) is 11.4 Å². The lowest BCUT2D eigenvalue weighted by Gasteiger charge is -2.10. The van der Waals surface area contributed by atoms with E-state index in [-0.39, 0.29) is 5.56 Å². The molecule has 0 fully saturated rings. The first kappa shape index (κ1) is 17.9. The van der Waals surface area contributed by atoms with Crippen LogP contribution in [-0.2, 0) is 0 Å². The van der Waals surface area contributed by atoms with Crippen molar-refractivity contribution in [2.24, 2.45) is 0 Å². The molecule has 6 heteroatoms. The van der Waals surface area contributed by atoms with Crippen LogP contribution in [0, 0.1) is 6.92 Å². The van der Waals surface area contributed by atoms with Gasteiger partial charge in [0.05, 0.1) is 12.8 Å². The molecule has 0 N–H and O–H groups in total. The van der Waals surface area contributed by atoms with Gasteiger partial charge in [-0.1, -0.05) is 47.7 Å². The van der Waals surface area contributed by atoms with Gasteiger partial charge in [0, 0.05) is 0 Å². The fourth-order valence-electron chi connectivity index (χ4n) is 2.43. The third kappa shape index (κ3) is 3.86. The number of nitrogens with zero attached hydrogens (tertiary/aromatic N) is 3. The van der Waals surface area contributed by atoms with Gasteiger partial charge in [0.25, 0.3) is 5.56 Å². The van der Waals surface area contributed by atoms with Gasteiger partial charge in [-0.3, -0.25) is 9.36 Å². The summed E-state index contributed by atoms with van der Waals surface area (Å²) in [7, 11) is 1.63. The topological polar surface area (TPSA) is 57.0 Å². The van der Waals surface area contributed by atoms with Gasteiger partial charge in [-0.05, 0) is 49.1 Å². The Balaban J connectivity index is 2.00. The summed E-state index contributed by atoms with van der Waals surface area (Å²) in [6, 6.07) is 15.3. The summed E-state index contributed by atoms with van der Waals surface area (Å²) in [5.74, 6) is 0.785. The smallest absolute Gasteiger partial charge is 0.284 e. The molecule has 0 amide bonds. The molecular formula is C20H19N3O2S. The Morgan fingerprint density at radius 2 is 1.69 bits per heavy atom. The quantitative estimate of drug-likeness (QED) is 0.643. The van der Waals surface area contributed by atoms with Crippen molar-refractivity contribution in [1.82, 2.24) is 14.8 Å². The second-order valence-corrected chi connectivity index (χ2v) is 6.43. The Hall–Kier alpha value is -2.86. The van der Waals surface area contributed by atoms with E-state index in [1.54, 1.807) is 17.8 Å². The molecule has 5 nitrogen and oxygen atoms in total. The van der Waals surface area contributed by atoms with Gasteiger partial charge in [-0.25, -0.2) is 0 Å². The summed E-state index contributed by atoms with van der Waals surface area (Å²) in [6.45, 7) is 2.01. The first-order chi connectivity index (χ1) is 12.6. The summed E-state index contributed by atoms with van der Waals surface area (Å²) >= 11 is 1.39. The minimum atomic E-state index is -0.196. The lowest BCUT2D eigenvalue weighted by Crippen LogP contribution is -2.25. The highest BCUT2D eigenvalue weighted by Crippen LogP contribution is 2.16. The van der Waals surface area contributed by atoms with Crippen molar-refractivity contribution in [3.05, 3.63) is 75.7 Å². The maximum atomic E-state index is 12.9. The maximum Gasteiger partial charge on any atom is 0.284 e. The number of rotatable bonds is 5. The van der Waals surface area contributed by atoms with Gasteiger partial charge >= 0.3 is 0 Å². The van der Waals surface area contributed by atoms with Gasteiger partial charge in [0.2, 0.25) is 0 Å². The third-order valence-corrected chi connectivity index (χ3v) is 4.51. The molecule has 2 aromatic carbocycles. The van der Waals surface area contributed by atoms with E-state index in [1.807, 2.05) is 67.8 Å². The molecule has 0 aliphatic carbocycles. The number of hydrogen-bond donors (Lipinski definition) is 0. The predicted molar refractivity (Wildman–Crippen MR) is 106 cm³/mol. The molecule has 3 aromatic rings. The van der Waals surface area contributed by atoms with Crippen LogP contribution in [0.4, 0.5) is 0 Å². The zero-order valence-corrected chi connectivity index (χ0v) is 15.7. The molecule has 1 heterocycles. The zero-order chi connectivity index (χ0) is 18.5. The Morgan fingerprint density at radius 3 is 2.31 bits per heavy atom. The van der Waals surface area contributed by atoms with Crippen LogP contribution in [0.3, 0.4) is 0 Å². The summed E-state index contributed by atoms with van der Waals surface area (Å²) in [5, 5.41) is 8.84. The van der Waals surface area contributed by atoms with E-state index in [2.05, 4.69) is 10.2 Å². The second-order valence-electron chi connectivity index (χ2n) is 5.65.